The Kier molecular flexibility index (Phi) is 9.11. The van der Waals surface area contributed by atoms with Crippen molar-refractivity contribution in [3.8, 4) is 0 Å². The number of pyridine rings is 1. The van der Waals surface area contributed by atoms with E-state index in [1.807, 2.05) is 0 Å². The molecule has 2 heterocycles. The number of aliphatic hydroxyl groups excluding tert-OH is 1. The number of aromatic nitrogens is 1. The zero-order valence-corrected chi connectivity index (χ0v) is 19.1. The molecular weight excluding hydrogens is 430 g/mol. The summed E-state index contributed by atoms with van der Waals surface area (Å²) in [6.07, 6.45) is 1.94. The molecule has 0 unspecified atom stereocenters. The van der Waals surface area contributed by atoms with Gasteiger partial charge in [0.2, 0.25) is 0 Å². The van der Waals surface area contributed by atoms with Crippen LogP contribution in [0.1, 0.15) is 30.6 Å². The molecular formula is C24H32F2N4O3. The number of halogens is 2. The molecule has 33 heavy (non-hydrogen) atoms. The van der Waals surface area contributed by atoms with Crippen molar-refractivity contribution in [1.82, 2.24) is 9.88 Å². The molecule has 1 aliphatic heterocycles. The molecule has 1 amide bonds. The van der Waals surface area contributed by atoms with E-state index in [2.05, 4.69) is 33.9 Å². The lowest BCUT2D eigenvalue weighted by Crippen LogP contribution is -2.38. The maximum atomic E-state index is 13.8. The van der Waals surface area contributed by atoms with Crippen LogP contribution in [-0.4, -0.2) is 72.9 Å². The number of anilines is 2. The Hall–Kier alpha value is -2.62. The van der Waals surface area contributed by atoms with Gasteiger partial charge < -0.3 is 20.1 Å². The van der Waals surface area contributed by atoms with Gasteiger partial charge in [0.25, 0.3) is 5.91 Å². The van der Waals surface area contributed by atoms with Gasteiger partial charge in [-0.05, 0) is 43.1 Å². The number of hydrogen-bond acceptors (Lipinski definition) is 6. The molecule has 2 N–H and O–H groups in total. The molecule has 0 aliphatic carbocycles. The van der Waals surface area contributed by atoms with E-state index in [1.54, 1.807) is 12.1 Å². The highest BCUT2D eigenvalue weighted by molar-refractivity contribution is 6.04. The van der Waals surface area contributed by atoms with E-state index in [-0.39, 0.29) is 5.56 Å². The molecule has 3 rings (SSSR count). The molecule has 9 heteroatoms. The van der Waals surface area contributed by atoms with Crippen molar-refractivity contribution in [2.24, 2.45) is 5.92 Å². The number of aliphatic hydroxyl groups is 1. The molecule has 0 radical (unpaired) electrons. The molecule has 1 aromatic heterocycles. The average molecular weight is 463 g/mol. The number of benzene rings is 1. The minimum atomic E-state index is -0.914. The lowest BCUT2D eigenvalue weighted by molar-refractivity contribution is 0.00917. The van der Waals surface area contributed by atoms with Crippen molar-refractivity contribution in [2.45, 2.75) is 26.4 Å². The number of ether oxygens (including phenoxy) is 1. The fourth-order valence-electron chi connectivity index (χ4n) is 3.69. The average Bonchev–Trinajstić information content (AvgIpc) is 2.99. The summed E-state index contributed by atoms with van der Waals surface area (Å²) in [5, 5.41) is 12.8. The summed E-state index contributed by atoms with van der Waals surface area (Å²) in [4.78, 5) is 21.1. The summed E-state index contributed by atoms with van der Waals surface area (Å²) in [7, 11) is 0. The highest BCUT2D eigenvalue weighted by atomic mass is 19.1. The smallest absolute Gasteiger partial charge is 0.258 e. The SMILES string of the molecule is CC(C)COC[C@H](O)CN1CCCN(c2ccc(NC(=O)c3ccc(F)cc3F)cn2)CC1. The number of rotatable bonds is 9. The Bertz CT molecular complexity index is 911. The first-order valence-corrected chi connectivity index (χ1v) is 11.3. The Morgan fingerprint density at radius 2 is 1.97 bits per heavy atom. The number of hydrogen-bond donors (Lipinski definition) is 2. The standard InChI is InChI=1S/C24H32F2N4O3/c1-17(2)15-33-16-20(31)14-29-8-3-9-30(11-10-29)23-7-5-19(13-27-23)28-24(32)21-6-4-18(25)12-22(21)26/h4-7,12-13,17,20,31H,3,8-11,14-16H2,1-2H3,(H,28,32)/t20-/m1/s1. The minimum absolute atomic E-state index is 0.232. The van der Waals surface area contributed by atoms with Crippen LogP contribution in [0.3, 0.4) is 0 Å². The first kappa shape index (κ1) is 25.0. The van der Waals surface area contributed by atoms with Crippen molar-refractivity contribution in [3.63, 3.8) is 0 Å². The van der Waals surface area contributed by atoms with Gasteiger partial charge in [0.1, 0.15) is 17.5 Å². The van der Waals surface area contributed by atoms with Gasteiger partial charge in [-0.3, -0.25) is 9.69 Å². The predicted molar refractivity (Wildman–Crippen MR) is 123 cm³/mol. The highest BCUT2D eigenvalue weighted by Crippen LogP contribution is 2.18. The molecule has 0 saturated carbocycles. The quantitative estimate of drug-likeness (QED) is 0.596. The van der Waals surface area contributed by atoms with Crippen molar-refractivity contribution in [1.29, 1.82) is 0 Å². The van der Waals surface area contributed by atoms with Gasteiger partial charge in [-0.1, -0.05) is 13.8 Å². The Labute approximate surface area is 193 Å². The summed E-state index contributed by atoms with van der Waals surface area (Å²) in [5.74, 6) is -1.09. The molecule has 7 nitrogen and oxygen atoms in total. The fourth-order valence-corrected chi connectivity index (χ4v) is 3.69. The lowest BCUT2D eigenvalue weighted by Gasteiger charge is -2.24. The third-order valence-corrected chi connectivity index (χ3v) is 5.32. The third kappa shape index (κ3) is 7.73. The summed E-state index contributed by atoms with van der Waals surface area (Å²) in [6.45, 7) is 8.99. The van der Waals surface area contributed by atoms with Gasteiger partial charge in [0, 0.05) is 38.9 Å². The Morgan fingerprint density at radius 1 is 1.15 bits per heavy atom. The molecule has 1 aliphatic rings. The van der Waals surface area contributed by atoms with E-state index in [0.29, 0.717) is 37.4 Å². The number of carbonyl (C=O) groups is 1. The molecule has 0 bridgehead atoms. The van der Waals surface area contributed by atoms with E-state index in [9.17, 15) is 18.7 Å². The zero-order valence-electron chi connectivity index (χ0n) is 19.1. The summed E-state index contributed by atoms with van der Waals surface area (Å²) in [6, 6.07) is 6.34. The van der Waals surface area contributed by atoms with Crippen LogP contribution in [0.2, 0.25) is 0 Å². The van der Waals surface area contributed by atoms with Crippen molar-refractivity contribution >= 4 is 17.4 Å². The van der Waals surface area contributed by atoms with Crippen LogP contribution in [0.25, 0.3) is 0 Å². The predicted octanol–water partition coefficient (Wildman–Crippen LogP) is 3.16. The van der Waals surface area contributed by atoms with Crippen LogP contribution in [0.5, 0.6) is 0 Å². The molecule has 1 aromatic carbocycles. The topological polar surface area (TPSA) is 77.9 Å². The highest BCUT2D eigenvalue weighted by Gasteiger charge is 2.19. The molecule has 1 saturated heterocycles. The van der Waals surface area contributed by atoms with Crippen LogP contribution in [0, 0.1) is 17.6 Å². The van der Waals surface area contributed by atoms with Crippen LogP contribution in [0.15, 0.2) is 36.5 Å². The summed E-state index contributed by atoms with van der Waals surface area (Å²) in [5.41, 5.74) is 0.193. The largest absolute Gasteiger partial charge is 0.389 e. The van der Waals surface area contributed by atoms with Gasteiger partial charge in [0.05, 0.1) is 30.2 Å². The second kappa shape index (κ2) is 12.0. The second-order valence-corrected chi connectivity index (χ2v) is 8.71. The van der Waals surface area contributed by atoms with Crippen LogP contribution in [-0.2, 0) is 4.74 Å². The minimum Gasteiger partial charge on any atom is -0.389 e. The van der Waals surface area contributed by atoms with Gasteiger partial charge in [-0.2, -0.15) is 0 Å². The Morgan fingerprint density at radius 3 is 2.67 bits per heavy atom. The molecule has 0 spiro atoms. The van der Waals surface area contributed by atoms with Crippen LogP contribution < -0.4 is 10.2 Å². The van der Waals surface area contributed by atoms with E-state index in [0.717, 1.165) is 50.6 Å². The second-order valence-electron chi connectivity index (χ2n) is 8.71. The maximum absolute atomic E-state index is 13.8. The maximum Gasteiger partial charge on any atom is 0.258 e. The Balaban J connectivity index is 1.50. The van der Waals surface area contributed by atoms with Gasteiger partial charge >= 0.3 is 0 Å². The number of nitrogens with one attached hydrogen (secondary N) is 1. The van der Waals surface area contributed by atoms with E-state index >= 15 is 0 Å². The molecule has 180 valence electrons. The number of carbonyl (C=O) groups excluding carboxylic acids is 1. The van der Waals surface area contributed by atoms with Crippen molar-refractivity contribution in [3.05, 3.63) is 53.7 Å². The molecule has 1 fully saturated rings. The monoisotopic (exact) mass is 462 g/mol. The normalized spacial score (nSPS) is 16.0. The molecule has 1 atom stereocenters. The lowest BCUT2D eigenvalue weighted by atomic mass is 10.2. The van der Waals surface area contributed by atoms with Gasteiger partial charge in [-0.25, -0.2) is 13.8 Å². The summed E-state index contributed by atoms with van der Waals surface area (Å²) < 4.78 is 32.4. The van der Waals surface area contributed by atoms with E-state index in [1.165, 1.54) is 6.20 Å². The third-order valence-electron chi connectivity index (χ3n) is 5.32. The van der Waals surface area contributed by atoms with Crippen molar-refractivity contribution in [2.75, 3.05) is 56.2 Å². The van der Waals surface area contributed by atoms with Crippen LogP contribution >= 0.6 is 0 Å². The zero-order chi connectivity index (χ0) is 23.8. The fraction of sp³-hybridized carbons (Fsp3) is 0.500. The molecule has 2 aromatic rings. The first-order valence-electron chi connectivity index (χ1n) is 11.3. The number of β-amino-alcohol motifs (C(OH)–C–C–N with tert-alkyl or cyclic N) is 1. The van der Waals surface area contributed by atoms with Gasteiger partial charge in [-0.15, -0.1) is 0 Å². The summed E-state index contributed by atoms with van der Waals surface area (Å²) >= 11 is 0. The van der Waals surface area contributed by atoms with Crippen molar-refractivity contribution < 1.29 is 23.4 Å². The van der Waals surface area contributed by atoms with E-state index < -0.39 is 23.6 Å². The first-order chi connectivity index (χ1) is 15.8. The van der Waals surface area contributed by atoms with Crippen LogP contribution in [0.4, 0.5) is 20.3 Å². The van der Waals surface area contributed by atoms with E-state index in [4.69, 9.17) is 4.74 Å². The number of amides is 1. The number of nitrogens with zero attached hydrogens (tertiary/aromatic N) is 3. The van der Waals surface area contributed by atoms with Gasteiger partial charge in [0.15, 0.2) is 0 Å².